The summed E-state index contributed by atoms with van der Waals surface area (Å²) in [6.07, 6.45) is 7.95. The fourth-order valence-electron chi connectivity index (χ4n) is 3.07. The van der Waals surface area contributed by atoms with E-state index in [1.54, 1.807) is 13.2 Å². The van der Waals surface area contributed by atoms with E-state index in [1.165, 1.54) is 12.8 Å². The predicted molar refractivity (Wildman–Crippen MR) is 113 cm³/mol. The standard InChI is InChI=1S/C21H32N2O3.ClH/c1-16-5-9-18(10-6-16)22-21(24)12-8-17-7-11-19(20(15-17)25-4)26-14-13-23(2)3;/h7-8,11-12,15-16,18H,5-6,9-10,13-14H2,1-4H3,(H,22,24);1H/t16-,18-;. The summed E-state index contributed by atoms with van der Waals surface area (Å²) in [4.78, 5) is 14.2. The molecule has 1 aromatic carbocycles. The van der Waals surface area contributed by atoms with E-state index >= 15 is 0 Å². The zero-order valence-electron chi connectivity index (χ0n) is 16.9. The number of carbonyl (C=O) groups is 1. The van der Waals surface area contributed by atoms with Crippen molar-refractivity contribution in [3.8, 4) is 11.5 Å². The molecule has 152 valence electrons. The zero-order valence-corrected chi connectivity index (χ0v) is 17.7. The summed E-state index contributed by atoms with van der Waals surface area (Å²) >= 11 is 0. The van der Waals surface area contributed by atoms with Crippen molar-refractivity contribution >= 4 is 24.4 Å². The van der Waals surface area contributed by atoms with Gasteiger partial charge in [-0.15, -0.1) is 12.4 Å². The van der Waals surface area contributed by atoms with Gasteiger partial charge in [0.2, 0.25) is 5.91 Å². The Morgan fingerprint density at radius 1 is 1.22 bits per heavy atom. The van der Waals surface area contributed by atoms with Crippen LogP contribution >= 0.6 is 12.4 Å². The second kappa shape index (κ2) is 11.9. The second-order valence-corrected chi connectivity index (χ2v) is 7.36. The molecule has 1 aromatic rings. The van der Waals surface area contributed by atoms with E-state index in [1.807, 2.05) is 38.4 Å². The molecule has 2 rings (SSSR count). The minimum absolute atomic E-state index is 0. The Morgan fingerprint density at radius 2 is 1.93 bits per heavy atom. The van der Waals surface area contributed by atoms with Gasteiger partial charge in [0.1, 0.15) is 6.61 Å². The van der Waals surface area contributed by atoms with Crippen molar-refractivity contribution in [3.05, 3.63) is 29.8 Å². The number of likely N-dealkylation sites (N-methyl/N-ethyl adjacent to an activating group) is 1. The Hall–Kier alpha value is -1.72. The number of hydrogen-bond donors (Lipinski definition) is 1. The zero-order chi connectivity index (χ0) is 18.9. The molecule has 0 radical (unpaired) electrons. The molecule has 0 aromatic heterocycles. The van der Waals surface area contributed by atoms with Crippen LogP contribution in [0.1, 0.15) is 38.2 Å². The van der Waals surface area contributed by atoms with Crippen LogP contribution < -0.4 is 14.8 Å². The normalized spacial score (nSPS) is 19.6. The maximum Gasteiger partial charge on any atom is 0.244 e. The van der Waals surface area contributed by atoms with Crippen LogP contribution in [0.3, 0.4) is 0 Å². The quantitative estimate of drug-likeness (QED) is 0.679. The van der Waals surface area contributed by atoms with Gasteiger partial charge in [-0.1, -0.05) is 13.0 Å². The van der Waals surface area contributed by atoms with Gasteiger partial charge in [-0.3, -0.25) is 4.79 Å². The smallest absolute Gasteiger partial charge is 0.244 e. The number of hydrogen-bond acceptors (Lipinski definition) is 4. The molecule has 1 fully saturated rings. The first-order valence-corrected chi connectivity index (χ1v) is 9.42. The summed E-state index contributed by atoms with van der Waals surface area (Å²) in [7, 11) is 5.64. The van der Waals surface area contributed by atoms with Crippen molar-refractivity contribution in [2.24, 2.45) is 5.92 Å². The molecule has 27 heavy (non-hydrogen) atoms. The van der Waals surface area contributed by atoms with Crippen LogP contribution in [0.4, 0.5) is 0 Å². The largest absolute Gasteiger partial charge is 0.493 e. The van der Waals surface area contributed by atoms with Gasteiger partial charge in [-0.2, -0.15) is 0 Å². The highest BCUT2D eigenvalue weighted by molar-refractivity contribution is 5.92. The third-order valence-corrected chi connectivity index (χ3v) is 4.77. The van der Waals surface area contributed by atoms with Gasteiger partial charge < -0.3 is 19.7 Å². The van der Waals surface area contributed by atoms with Crippen LogP contribution in [-0.4, -0.2) is 51.2 Å². The topological polar surface area (TPSA) is 50.8 Å². The minimum atomic E-state index is -0.0326. The van der Waals surface area contributed by atoms with Crippen molar-refractivity contribution in [2.45, 2.75) is 38.6 Å². The van der Waals surface area contributed by atoms with Crippen LogP contribution in [0.2, 0.25) is 0 Å². The van der Waals surface area contributed by atoms with Gasteiger partial charge in [0.05, 0.1) is 7.11 Å². The number of carbonyl (C=O) groups excluding carboxylic acids is 1. The first kappa shape index (κ1) is 23.3. The maximum atomic E-state index is 12.1. The molecular weight excluding hydrogens is 364 g/mol. The van der Waals surface area contributed by atoms with Gasteiger partial charge in [0.25, 0.3) is 0 Å². The summed E-state index contributed by atoms with van der Waals surface area (Å²) in [5.74, 6) is 2.14. The fourth-order valence-corrected chi connectivity index (χ4v) is 3.07. The first-order chi connectivity index (χ1) is 12.5. The van der Waals surface area contributed by atoms with E-state index in [2.05, 4.69) is 17.1 Å². The Balaban J connectivity index is 0.00000364. The summed E-state index contributed by atoms with van der Waals surface area (Å²) in [5, 5.41) is 3.10. The number of nitrogens with one attached hydrogen (secondary N) is 1. The predicted octanol–water partition coefficient (Wildman–Crippen LogP) is 3.77. The summed E-state index contributed by atoms with van der Waals surface area (Å²) in [5.41, 5.74) is 0.911. The molecular formula is C21H33ClN2O3. The Labute approximate surface area is 169 Å². The molecule has 1 saturated carbocycles. The van der Waals surface area contributed by atoms with Crippen molar-refractivity contribution in [2.75, 3.05) is 34.4 Å². The Morgan fingerprint density at radius 3 is 2.56 bits per heavy atom. The number of methoxy groups -OCH3 is 1. The van der Waals surface area contributed by atoms with E-state index in [-0.39, 0.29) is 18.3 Å². The second-order valence-electron chi connectivity index (χ2n) is 7.36. The third kappa shape index (κ3) is 8.22. The van der Waals surface area contributed by atoms with Crippen LogP contribution in [-0.2, 0) is 4.79 Å². The van der Waals surface area contributed by atoms with Gasteiger partial charge >= 0.3 is 0 Å². The van der Waals surface area contributed by atoms with E-state index in [0.717, 1.165) is 30.9 Å². The van der Waals surface area contributed by atoms with Crippen LogP contribution in [0.15, 0.2) is 24.3 Å². The highest BCUT2D eigenvalue weighted by Crippen LogP contribution is 2.28. The SMILES string of the molecule is COc1cc(C=CC(=O)N[C@H]2CC[C@H](C)CC2)ccc1OCCN(C)C.Cl. The van der Waals surface area contributed by atoms with E-state index < -0.39 is 0 Å². The van der Waals surface area contributed by atoms with Gasteiger partial charge in [-0.25, -0.2) is 0 Å². The molecule has 6 heteroatoms. The van der Waals surface area contributed by atoms with Crippen molar-refractivity contribution in [1.82, 2.24) is 10.2 Å². The lowest BCUT2D eigenvalue weighted by atomic mass is 9.87. The molecule has 1 amide bonds. The van der Waals surface area contributed by atoms with Gasteiger partial charge in [0.15, 0.2) is 11.5 Å². The highest BCUT2D eigenvalue weighted by Gasteiger charge is 2.18. The molecule has 0 saturated heterocycles. The van der Waals surface area contributed by atoms with Crippen molar-refractivity contribution in [3.63, 3.8) is 0 Å². The molecule has 1 aliphatic carbocycles. The lowest BCUT2D eigenvalue weighted by molar-refractivity contribution is -0.117. The van der Waals surface area contributed by atoms with Gasteiger partial charge in [0, 0.05) is 18.7 Å². The van der Waals surface area contributed by atoms with Crippen LogP contribution in [0, 0.1) is 5.92 Å². The Bertz CT molecular complexity index is 611. The minimum Gasteiger partial charge on any atom is -0.493 e. The van der Waals surface area contributed by atoms with Gasteiger partial charge in [-0.05, 0) is 69.5 Å². The number of rotatable bonds is 8. The number of halogens is 1. The van der Waals surface area contributed by atoms with Crippen LogP contribution in [0.25, 0.3) is 6.08 Å². The molecule has 0 bridgehead atoms. The van der Waals surface area contributed by atoms with Crippen molar-refractivity contribution in [1.29, 1.82) is 0 Å². The molecule has 5 nitrogen and oxygen atoms in total. The molecule has 0 unspecified atom stereocenters. The summed E-state index contributed by atoms with van der Waals surface area (Å²) in [6, 6.07) is 6.01. The number of benzene rings is 1. The van der Waals surface area contributed by atoms with Crippen molar-refractivity contribution < 1.29 is 14.3 Å². The third-order valence-electron chi connectivity index (χ3n) is 4.77. The lowest BCUT2D eigenvalue weighted by Gasteiger charge is -2.26. The monoisotopic (exact) mass is 396 g/mol. The molecule has 1 N–H and O–H groups in total. The number of amides is 1. The molecule has 0 spiro atoms. The molecule has 0 atom stereocenters. The summed E-state index contributed by atoms with van der Waals surface area (Å²) in [6.45, 7) is 3.71. The van der Waals surface area contributed by atoms with E-state index in [9.17, 15) is 4.79 Å². The summed E-state index contributed by atoms with van der Waals surface area (Å²) < 4.78 is 11.2. The molecule has 0 heterocycles. The number of ether oxygens (including phenoxy) is 2. The van der Waals surface area contributed by atoms with Crippen LogP contribution in [0.5, 0.6) is 11.5 Å². The average molecular weight is 397 g/mol. The maximum absolute atomic E-state index is 12.1. The highest BCUT2D eigenvalue weighted by atomic mass is 35.5. The lowest BCUT2D eigenvalue weighted by Crippen LogP contribution is -2.36. The van der Waals surface area contributed by atoms with E-state index in [0.29, 0.717) is 24.1 Å². The average Bonchev–Trinajstić information content (AvgIpc) is 2.62. The molecule has 1 aliphatic rings. The van der Waals surface area contributed by atoms with E-state index in [4.69, 9.17) is 9.47 Å². The number of nitrogens with zero attached hydrogens (tertiary/aromatic N) is 1. The molecule has 0 aliphatic heterocycles. The first-order valence-electron chi connectivity index (χ1n) is 9.42. The Kier molecular flexibility index (Phi) is 10.3. The fraction of sp³-hybridized carbons (Fsp3) is 0.571.